The van der Waals surface area contributed by atoms with E-state index in [9.17, 15) is 14.0 Å². The molecule has 3 N–H and O–H groups in total. The van der Waals surface area contributed by atoms with Gasteiger partial charge in [-0.25, -0.2) is 13.8 Å². The number of nitrogens with zero attached hydrogens (tertiary/aromatic N) is 3. The van der Waals surface area contributed by atoms with Gasteiger partial charge in [-0.05, 0) is 24.5 Å². The van der Waals surface area contributed by atoms with E-state index in [4.69, 9.17) is 10.5 Å². The maximum absolute atomic E-state index is 16.0. The molecule has 0 bridgehead atoms. The van der Waals surface area contributed by atoms with Crippen molar-refractivity contribution in [3.05, 3.63) is 55.1 Å². The number of likely N-dealkylation sites (tertiary alicyclic amines) is 1. The van der Waals surface area contributed by atoms with Crippen molar-refractivity contribution in [1.29, 1.82) is 5.26 Å². The zero-order chi connectivity index (χ0) is 24.9. The quantitative estimate of drug-likeness (QED) is 0.501. The molecule has 2 aromatic rings. The van der Waals surface area contributed by atoms with E-state index < -0.39 is 17.7 Å². The Balaban J connectivity index is 1.63. The van der Waals surface area contributed by atoms with Gasteiger partial charge >= 0.3 is 0 Å². The highest BCUT2D eigenvalue weighted by Gasteiger charge is 2.35. The number of anilines is 1. The summed E-state index contributed by atoms with van der Waals surface area (Å²) in [5.41, 5.74) is 8.08. The largest absolute Gasteiger partial charge is 0.389 e. The summed E-state index contributed by atoms with van der Waals surface area (Å²) in [6.45, 7) is 7.22. The summed E-state index contributed by atoms with van der Waals surface area (Å²) in [6, 6.07) is 1.22. The Morgan fingerprint density at radius 3 is 2.89 bits per heavy atom. The molecule has 0 radical (unpaired) electrons. The Labute approximate surface area is 204 Å². The second kappa shape index (κ2) is 9.06. The van der Waals surface area contributed by atoms with Crippen molar-refractivity contribution in [1.82, 2.24) is 10.2 Å². The van der Waals surface area contributed by atoms with Crippen LogP contribution in [0.3, 0.4) is 0 Å². The van der Waals surface area contributed by atoms with E-state index in [1.165, 1.54) is 6.20 Å². The van der Waals surface area contributed by atoms with E-state index in [1.54, 1.807) is 6.20 Å². The minimum Gasteiger partial charge on any atom is -0.389 e. The molecular weight excluding hydrogens is 475 g/mol. The molecule has 35 heavy (non-hydrogen) atoms. The van der Waals surface area contributed by atoms with Gasteiger partial charge in [0.05, 0.1) is 36.4 Å². The lowest BCUT2D eigenvalue weighted by atomic mass is 9.87. The highest BCUT2D eigenvalue weighted by Crippen LogP contribution is 2.45. The molecule has 5 rings (SSSR count). The zero-order valence-electron chi connectivity index (χ0n) is 19.1. The molecule has 182 valence electrons. The first-order chi connectivity index (χ1) is 16.8. The Morgan fingerprint density at radius 2 is 2.17 bits per heavy atom. The van der Waals surface area contributed by atoms with Crippen LogP contribution in [0.15, 0.2) is 11.2 Å². The number of nitrogen functional groups attached to an aromatic ring is 1. The number of halogens is 3. The average Bonchev–Trinajstić information content (AvgIpc) is 3.59. The second-order valence-corrected chi connectivity index (χ2v) is 9.97. The average molecular weight is 500 g/mol. The maximum Gasteiger partial charge on any atom is 0.156 e. The second-order valence-electron chi connectivity index (χ2n) is 8.92. The Hall–Kier alpha value is -3.29. The molecule has 4 heterocycles. The van der Waals surface area contributed by atoms with Gasteiger partial charge in [-0.2, -0.15) is 5.26 Å². The van der Waals surface area contributed by atoms with Gasteiger partial charge in [0, 0.05) is 53.0 Å². The molecular formula is C25H24F3N5OS. The van der Waals surface area contributed by atoms with Gasteiger partial charge in [0.25, 0.3) is 0 Å². The van der Waals surface area contributed by atoms with Crippen LogP contribution in [0.2, 0.25) is 0 Å². The molecule has 1 aromatic heterocycles. The van der Waals surface area contributed by atoms with Gasteiger partial charge in [-0.15, -0.1) is 11.3 Å². The highest BCUT2D eigenvalue weighted by atomic mass is 32.1. The molecule has 6 nitrogen and oxygen atoms in total. The first-order valence-corrected chi connectivity index (χ1v) is 12.1. The molecule has 2 atom stereocenters. The van der Waals surface area contributed by atoms with Crippen molar-refractivity contribution in [2.45, 2.75) is 32.6 Å². The monoisotopic (exact) mass is 499 g/mol. The number of nitriles is 1. The molecule has 1 saturated heterocycles. The van der Waals surface area contributed by atoms with Crippen molar-refractivity contribution in [2.24, 2.45) is 10.9 Å². The molecule has 0 aliphatic carbocycles. The van der Waals surface area contributed by atoms with Crippen molar-refractivity contribution < 1.29 is 17.9 Å². The van der Waals surface area contributed by atoms with Crippen LogP contribution in [0, 0.1) is 23.1 Å². The summed E-state index contributed by atoms with van der Waals surface area (Å²) in [5, 5.41) is 13.4. The van der Waals surface area contributed by atoms with Gasteiger partial charge in [-0.1, -0.05) is 6.58 Å². The number of nitrogens with one attached hydrogen (secondary N) is 1. The normalized spacial score (nSPS) is 22.0. The van der Waals surface area contributed by atoms with E-state index in [0.29, 0.717) is 22.9 Å². The van der Waals surface area contributed by atoms with Gasteiger partial charge in [0.2, 0.25) is 0 Å². The summed E-state index contributed by atoms with van der Waals surface area (Å²) in [4.78, 5) is 6.78. The predicted molar refractivity (Wildman–Crippen MR) is 130 cm³/mol. The van der Waals surface area contributed by atoms with Crippen LogP contribution < -0.4 is 21.5 Å². The first kappa shape index (κ1) is 23.5. The minimum atomic E-state index is -0.815. The van der Waals surface area contributed by atoms with Crippen molar-refractivity contribution in [2.75, 3.05) is 25.5 Å². The SMILES string of the molecule is C=c1c(F)c(C2NC=C(F)c3sc(N)c(C#N)c32)c2c(/c1=C/N=C(C)N1CCC(CF)C1)COC2. The predicted octanol–water partition coefficient (Wildman–Crippen LogP) is 3.19. The van der Waals surface area contributed by atoms with Gasteiger partial charge in [0.15, 0.2) is 5.83 Å². The number of hydrogen-bond donors (Lipinski definition) is 2. The van der Waals surface area contributed by atoms with E-state index in [0.717, 1.165) is 35.7 Å². The van der Waals surface area contributed by atoms with Crippen LogP contribution in [0.4, 0.5) is 18.2 Å². The van der Waals surface area contributed by atoms with Crippen LogP contribution in [0.25, 0.3) is 18.6 Å². The lowest BCUT2D eigenvalue weighted by molar-refractivity contribution is 0.133. The number of thiophene rings is 1. The minimum absolute atomic E-state index is 0.00846. The van der Waals surface area contributed by atoms with E-state index >= 15 is 4.39 Å². The fourth-order valence-corrected chi connectivity index (χ4v) is 5.98. The van der Waals surface area contributed by atoms with Gasteiger partial charge < -0.3 is 20.7 Å². The van der Waals surface area contributed by atoms with Crippen LogP contribution >= 0.6 is 11.3 Å². The van der Waals surface area contributed by atoms with Crippen molar-refractivity contribution in [3.63, 3.8) is 0 Å². The molecule has 0 amide bonds. The number of hydrogen-bond acceptors (Lipinski definition) is 6. The lowest BCUT2D eigenvalue weighted by Crippen LogP contribution is -2.36. The van der Waals surface area contributed by atoms with Crippen molar-refractivity contribution >= 4 is 40.8 Å². The third-order valence-corrected chi connectivity index (χ3v) is 7.97. The number of fused-ring (bicyclic) bond motifs is 2. The lowest BCUT2D eigenvalue weighted by Gasteiger charge is -2.25. The number of rotatable bonds is 3. The molecule has 3 aliphatic rings. The molecule has 10 heteroatoms. The number of aliphatic imine (C=N–C) groups is 1. The highest BCUT2D eigenvalue weighted by molar-refractivity contribution is 7.17. The number of benzene rings is 1. The van der Waals surface area contributed by atoms with E-state index in [2.05, 4.69) is 16.9 Å². The van der Waals surface area contributed by atoms with Crippen LogP contribution in [0.5, 0.6) is 0 Å². The van der Waals surface area contributed by atoms with Crippen LogP contribution in [0.1, 0.15) is 52.1 Å². The van der Waals surface area contributed by atoms with Crippen LogP contribution in [-0.4, -0.2) is 30.5 Å². The molecule has 1 fully saturated rings. The molecule has 2 unspecified atom stereocenters. The third-order valence-electron chi connectivity index (χ3n) is 6.93. The molecule has 0 saturated carbocycles. The van der Waals surface area contributed by atoms with E-state index in [1.807, 2.05) is 17.9 Å². The Morgan fingerprint density at radius 1 is 1.40 bits per heavy atom. The summed E-state index contributed by atoms with van der Waals surface area (Å²) < 4.78 is 49.2. The first-order valence-electron chi connectivity index (χ1n) is 11.2. The third kappa shape index (κ3) is 3.79. The standard InChI is InChI=1S/C25H24F3N5OS/c1-12-16(7-31-13(2)33-4-3-14(5-26)9-33)17-10-34-11-18(17)20(22(12)28)23-21-15(6-29)25(30)35-24(21)19(27)8-32-23/h7-8,14,23,32H,1,3-5,9-11,30H2,2H3/b16-7+,31-13?. The smallest absolute Gasteiger partial charge is 0.156 e. The summed E-state index contributed by atoms with van der Waals surface area (Å²) >= 11 is 0.970. The van der Waals surface area contributed by atoms with Crippen molar-refractivity contribution in [3.8, 4) is 6.07 Å². The molecule has 3 aliphatic heterocycles. The summed E-state index contributed by atoms with van der Waals surface area (Å²) in [5.74, 6) is -0.387. The summed E-state index contributed by atoms with van der Waals surface area (Å²) in [6.07, 6.45) is 3.53. The molecule has 0 spiro atoms. The van der Waals surface area contributed by atoms with Gasteiger partial charge in [0.1, 0.15) is 22.7 Å². The number of ether oxygens (including phenoxy) is 1. The van der Waals surface area contributed by atoms with Crippen LogP contribution in [-0.2, 0) is 18.0 Å². The number of nitrogens with two attached hydrogens (primary N) is 1. The topological polar surface area (TPSA) is 86.7 Å². The zero-order valence-corrected chi connectivity index (χ0v) is 19.9. The summed E-state index contributed by atoms with van der Waals surface area (Å²) in [7, 11) is 0. The van der Waals surface area contributed by atoms with Gasteiger partial charge in [-0.3, -0.25) is 4.39 Å². The Bertz CT molecular complexity index is 1420. The fourth-order valence-electron chi connectivity index (χ4n) is 5.02. The Kier molecular flexibility index (Phi) is 6.07. The number of amidine groups is 1. The molecule has 1 aromatic carbocycles. The maximum atomic E-state index is 16.0. The fraction of sp³-hybridized carbons (Fsp3) is 0.360. The van der Waals surface area contributed by atoms with E-state index in [-0.39, 0.29) is 52.0 Å². The number of alkyl halides is 1.